The predicted octanol–water partition coefficient (Wildman–Crippen LogP) is 2.56. The summed E-state index contributed by atoms with van der Waals surface area (Å²) in [5.74, 6) is 0.209. The predicted molar refractivity (Wildman–Crippen MR) is 93.2 cm³/mol. The zero-order valence-electron chi connectivity index (χ0n) is 14.0. The van der Waals surface area contributed by atoms with E-state index in [0.717, 1.165) is 18.7 Å². The Labute approximate surface area is 142 Å². The number of amides is 2. The van der Waals surface area contributed by atoms with Gasteiger partial charge in [0.1, 0.15) is 0 Å². The molecule has 2 aromatic rings. The second-order valence-corrected chi connectivity index (χ2v) is 6.02. The molecule has 1 aromatic heterocycles. The Morgan fingerprint density at radius 1 is 0.917 bits per heavy atom. The van der Waals surface area contributed by atoms with Crippen LogP contribution in [0.15, 0.2) is 48.8 Å². The highest BCUT2D eigenvalue weighted by Crippen LogP contribution is 2.14. The molecule has 1 aromatic carbocycles. The Morgan fingerprint density at radius 2 is 1.54 bits per heavy atom. The maximum atomic E-state index is 12.7. The molecule has 5 heteroatoms. The Hall–Kier alpha value is -2.56. The van der Waals surface area contributed by atoms with Crippen molar-refractivity contribution in [1.29, 1.82) is 0 Å². The van der Waals surface area contributed by atoms with E-state index in [1.165, 1.54) is 0 Å². The van der Waals surface area contributed by atoms with Crippen LogP contribution in [-0.4, -0.2) is 52.4 Å². The van der Waals surface area contributed by atoms with Gasteiger partial charge in [-0.25, -0.2) is 0 Å². The zero-order valence-corrected chi connectivity index (χ0v) is 14.0. The summed E-state index contributed by atoms with van der Waals surface area (Å²) in [4.78, 5) is 28.3. The third kappa shape index (κ3) is 3.50. The molecule has 0 radical (unpaired) electrons. The lowest BCUT2D eigenvalue weighted by Gasteiger charge is -2.22. The summed E-state index contributed by atoms with van der Waals surface area (Å²) >= 11 is 0. The summed E-state index contributed by atoms with van der Waals surface area (Å²) in [6.45, 7) is 4.54. The van der Waals surface area contributed by atoms with Crippen LogP contribution >= 0.6 is 0 Å². The Balaban J connectivity index is 1.67. The molecule has 1 saturated heterocycles. The molecule has 0 aliphatic carbocycles. The zero-order chi connectivity index (χ0) is 16.9. The first-order chi connectivity index (χ1) is 11.7. The second-order valence-electron chi connectivity index (χ2n) is 6.02. The first-order valence-electron chi connectivity index (χ1n) is 8.49. The molecule has 5 nitrogen and oxygen atoms in total. The second kappa shape index (κ2) is 7.34. The first-order valence-corrected chi connectivity index (χ1v) is 8.49. The highest BCUT2D eigenvalue weighted by atomic mass is 16.2. The number of carbonyl (C=O) groups excluding carboxylic acids is 2. The maximum absolute atomic E-state index is 12.7. The van der Waals surface area contributed by atoms with Crippen LogP contribution in [0.5, 0.6) is 0 Å². The van der Waals surface area contributed by atoms with Crippen LogP contribution in [0.4, 0.5) is 0 Å². The molecule has 0 saturated carbocycles. The molecular weight excluding hydrogens is 302 g/mol. The van der Waals surface area contributed by atoms with Crippen molar-refractivity contribution in [3.05, 3.63) is 54.4 Å². The Kier molecular flexibility index (Phi) is 4.99. The quantitative estimate of drug-likeness (QED) is 0.871. The van der Waals surface area contributed by atoms with E-state index in [0.29, 0.717) is 31.6 Å². The van der Waals surface area contributed by atoms with Gasteiger partial charge in [0.2, 0.25) is 5.91 Å². The van der Waals surface area contributed by atoms with Gasteiger partial charge in [-0.05, 0) is 42.8 Å². The molecular formula is C19H23N3O2. The minimum Gasteiger partial charge on any atom is -0.341 e. The fourth-order valence-corrected chi connectivity index (χ4v) is 3.06. The fourth-order valence-electron chi connectivity index (χ4n) is 3.06. The van der Waals surface area contributed by atoms with E-state index in [-0.39, 0.29) is 11.8 Å². The number of hydrogen-bond acceptors (Lipinski definition) is 2. The molecule has 0 N–H and O–H groups in total. The van der Waals surface area contributed by atoms with Gasteiger partial charge in [0.05, 0.1) is 0 Å². The van der Waals surface area contributed by atoms with E-state index in [4.69, 9.17) is 0 Å². The number of hydrogen-bond donors (Lipinski definition) is 0. The van der Waals surface area contributed by atoms with Crippen molar-refractivity contribution < 1.29 is 9.59 Å². The molecule has 2 heterocycles. The van der Waals surface area contributed by atoms with E-state index in [2.05, 4.69) is 0 Å². The van der Waals surface area contributed by atoms with Crippen LogP contribution in [-0.2, 0) is 4.79 Å². The van der Waals surface area contributed by atoms with Crippen LogP contribution in [0, 0.1) is 0 Å². The molecule has 1 aliphatic heterocycles. The molecule has 24 heavy (non-hydrogen) atoms. The van der Waals surface area contributed by atoms with Crippen LogP contribution in [0.1, 0.15) is 30.1 Å². The van der Waals surface area contributed by atoms with Crippen molar-refractivity contribution in [2.45, 2.75) is 19.8 Å². The van der Waals surface area contributed by atoms with Gasteiger partial charge in [-0.15, -0.1) is 0 Å². The van der Waals surface area contributed by atoms with Crippen LogP contribution in [0.2, 0.25) is 0 Å². The van der Waals surface area contributed by atoms with E-state index in [1.807, 2.05) is 70.1 Å². The van der Waals surface area contributed by atoms with Gasteiger partial charge in [0.25, 0.3) is 5.91 Å². The minimum atomic E-state index is 0.0415. The van der Waals surface area contributed by atoms with Gasteiger partial charge < -0.3 is 14.4 Å². The summed E-state index contributed by atoms with van der Waals surface area (Å²) in [5, 5.41) is 0. The van der Waals surface area contributed by atoms with Crippen LogP contribution < -0.4 is 0 Å². The molecule has 3 rings (SSSR count). The smallest absolute Gasteiger partial charge is 0.253 e. The van der Waals surface area contributed by atoms with E-state index in [1.54, 1.807) is 0 Å². The van der Waals surface area contributed by atoms with E-state index in [9.17, 15) is 9.59 Å². The normalized spacial score (nSPS) is 15.2. The lowest BCUT2D eigenvalue weighted by Crippen LogP contribution is -2.37. The topological polar surface area (TPSA) is 45.6 Å². The van der Waals surface area contributed by atoms with Gasteiger partial charge in [0.15, 0.2) is 0 Å². The average Bonchev–Trinajstić information content (AvgIpc) is 3.05. The monoisotopic (exact) mass is 325 g/mol. The third-order valence-electron chi connectivity index (χ3n) is 4.46. The van der Waals surface area contributed by atoms with Crippen LogP contribution in [0.25, 0.3) is 5.69 Å². The lowest BCUT2D eigenvalue weighted by molar-refractivity contribution is -0.130. The van der Waals surface area contributed by atoms with Gasteiger partial charge >= 0.3 is 0 Å². The maximum Gasteiger partial charge on any atom is 0.253 e. The summed E-state index contributed by atoms with van der Waals surface area (Å²) in [7, 11) is 0. The molecule has 2 amide bonds. The third-order valence-corrected chi connectivity index (χ3v) is 4.46. The number of aromatic nitrogens is 1. The van der Waals surface area contributed by atoms with Crippen molar-refractivity contribution in [3.63, 3.8) is 0 Å². The van der Waals surface area contributed by atoms with E-state index >= 15 is 0 Å². The van der Waals surface area contributed by atoms with Crippen molar-refractivity contribution in [3.8, 4) is 5.69 Å². The van der Waals surface area contributed by atoms with Crippen molar-refractivity contribution >= 4 is 11.8 Å². The standard InChI is InChI=1S/C19H23N3O2/c1-2-18(23)21-12-5-13-22(15-14-21)19(24)16-6-8-17(9-7-16)20-10-3-4-11-20/h3-4,6-11H,2,5,12-15H2,1H3. The molecule has 0 atom stereocenters. The first kappa shape index (κ1) is 16.3. The number of benzene rings is 1. The summed E-state index contributed by atoms with van der Waals surface area (Å²) in [5.41, 5.74) is 1.73. The molecule has 0 bridgehead atoms. The lowest BCUT2D eigenvalue weighted by atomic mass is 10.1. The SMILES string of the molecule is CCC(=O)N1CCCN(C(=O)c2ccc(-n3cccc3)cc2)CC1. The Bertz CT molecular complexity index is 692. The molecule has 0 unspecified atom stereocenters. The molecule has 1 fully saturated rings. The number of carbonyl (C=O) groups is 2. The van der Waals surface area contributed by atoms with E-state index < -0.39 is 0 Å². The minimum absolute atomic E-state index is 0.0415. The average molecular weight is 325 g/mol. The molecule has 0 spiro atoms. The van der Waals surface area contributed by atoms with Crippen LogP contribution in [0.3, 0.4) is 0 Å². The molecule has 1 aliphatic rings. The van der Waals surface area contributed by atoms with Crippen molar-refractivity contribution in [2.75, 3.05) is 26.2 Å². The largest absolute Gasteiger partial charge is 0.341 e. The van der Waals surface area contributed by atoms with Gasteiger partial charge in [0, 0.05) is 56.2 Å². The summed E-state index contributed by atoms with van der Waals surface area (Å²) in [6.07, 6.45) is 5.31. The Morgan fingerprint density at radius 3 is 2.21 bits per heavy atom. The molecule has 126 valence electrons. The van der Waals surface area contributed by atoms with Crippen molar-refractivity contribution in [1.82, 2.24) is 14.4 Å². The van der Waals surface area contributed by atoms with Gasteiger partial charge in [-0.1, -0.05) is 6.92 Å². The highest BCUT2D eigenvalue weighted by molar-refractivity contribution is 5.94. The highest BCUT2D eigenvalue weighted by Gasteiger charge is 2.22. The van der Waals surface area contributed by atoms with Gasteiger partial charge in [-0.3, -0.25) is 9.59 Å². The van der Waals surface area contributed by atoms with Crippen molar-refractivity contribution in [2.24, 2.45) is 0 Å². The number of rotatable bonds is 3. The summed E-state index contributed by atoms with van der Waals surface area (Å²) in [6, 6.07) is 11.6. The van der Waals surface area contributed by atoms with Gasteiger partial charge in [-0.2, -0.15) is 0 Å². The fraction of sp³-hybridized carbons (Fsp3) is 0.368. The number of nitrogens with zero attached hydrogens (tertiary/aromatic N) is 3. The summed E-state index contributed by atoms with van der Waals surface area (Å²) < 4.78 is 2.01.